The Morgan fingerprint density at radius 2 is 2.31 bits per heavy atom. The van der Waals surface area contributed by atoms with Crippen molar-refractivity contribution >= 4 is 29.0 Å². The maximum Gasteiger partial charge on any atom is 0.254 e. The summed E-state index contributed by atoms with van der Waals surface area (Å²) >= 11 is 0. The highest BCUT2D eigenvalue weighted by atomic mass is 16.3. The summed E-state index contributed by atoms with van der Waals surface area (Å²) in [4.78, 5) is 22.8. The zero-order chi connectivity index (χ0) is 20.4. The van der Waals surface area contributed by atoms with E-state index in [-0.39, 0.29) is 24.3 Å². The third-order valence-electron chi connectivity index (χ3n) is 5.52. The number of rotatable bonds is 6. The number of fused-ring (bicyclic) bond motifs is 1. The summed E-state index contributed by atoms with van der Waals surface area (Å²) in [6.45, 7) is 1.87. The monoisotopic (exact) mass is 397 g/mol. The molecule has 0 radical (unpaired) electrons. The molecule has 1 amide bonds. The number of carbonyl (C=O) groups excluding carboxylic acids is 1. The number of nitrogens with two attached hydrogens (primary N) is 1. The number of primary amides is 1. The first kappa shape index (κ1) is 19.4. The first-order valence-electron chi connectivity index (χ1n) is 9.92. The Kier molecular flexibility index (Phi) is 5.50. The van der Waals surface area contributed by atoms with Crippen LogP contribution in [-0.2, 0) is 6.42 Å². The van der Waals surface area contributed by atoms with Gasteiger partial charge in [0.15, 0.2) is 0 Å². The van der Waals surface area contributed by atoms with Gasteiger partial charge in [0.2, 0.25) is 5.95 Å². The number of carbonyl (C=O) groups is 1. The molecule has 1 aromatic carbocycles. The molecule has 0 spiro atoms. The lowest BCUT2D eigenvalue weighted by Crippen LogP contribution is -2.25. The number of hydrogen-bond acceptors (Lipinski definition) is 8. The number of amides is 1. The first-order chi connectivity index (χ1) is 14.0. The largest absolute Gasteiger partial charge is 0.395 e. The highest BCUT2D eigenvalue weighted by Gasteiger charge is 2.24. The fraction of sp³-hybridized carbons (Fsp3) is 0.450. The number of anilines is 4. The Bertz CT molecular complexity index is 904. The van der Waals surface area contributed by atoms with E-state index in [2.05, 4.69) is 50.0 Å². The number of aliphatic hydroxyl groups excluding tert-OH is 1. The van der Waals surface area contributed by atoms with Gasteiger partial charge in [-0.2, -0.15) is 4.98 Å². The molecule has 2 atom stereocenters. The predicted molar refractivity (Wildman–Crippen MR) is 113 cm³/mol. The number of aryl methyl sites for hydroxylation is 1. The maximum atomic E-state index is 11.9. The van der Waals surface area contributed by atoms with E-state index < -0.39 is 5.91 Å². The van der Waals surface area contributed by atoms with Crippen LogP contribution < -0.4 is 26.6 Å². The van der Waals surface area contributed by atoms with Crippen LogP contribution in [0.25, 0.3) is 0 Å². The Hall–Kier alpha value is -2.91. The maximum absolute atomic E-state index is 11.9. The molecule has 1 saturated heterocycles. The van der Waals surface area contributed by atoms with Gasteiger partial charge >= 0.3 is 0 Å². The van der Waals surface area contributed by atoms with E-state index >= 15 is 0 Å². The highest BCUT2D eigenvalue weighted by molar-refractivity contribution is 5.98. The number of hydrogen-bond donors (Lipinski definition) is 5. The lowest BCUT2D eigenvalue weighted by molar-refractivity contribution is 0.100. The van der Waals surface area contributed by atoms with Crippen LogP contribution in [-0.4, -0.2) is 59.8 Å². The number of aliphatic hydroxyl groups is 1. The summed E-state index contributed by atoms with van der Waals surface area (Å²) in [6, 6.07) is 6.34. The van der Waals surface area contributed by atoms with Gasteiger partial charge in [0.05, 0.1) is 6.61 Å². The van der Waals surface area contributed by atoms with Crippen LogP contribution in [0.5, 0.6) is 0 Å². The van der Waals surface area contributed by atoms with Crippen LogP contribution >= 0.6 is 0 Å². The third kappa shape index (κ3) is 4.25. The second-order valence-corrected chi connectivity index (χ2v) is 7.68. The van der Waals surface area contributed by atoms with Crippen LogP contribution in [0.15, 0.2) is 24.4 Å². The van der Waals surface area contributed by atoms with Gasteiger partial charge in [-0.15, -0.1) is 0 Å². The van der Waals surface area contributed by atoms with Gasteiger partial charge in [-0.3, -0.25) is 4.79 Å². The average molecular weight is 397 g/mol. The van der Waals surface area contributed by atoms with Crippen LogP contribution in [0, 0.1) is 0 Å². The van der Waals surface area contributed by atoms with Crippen molar-refractivity contribution in [1.82, 2.24) is 15.3 Å². The molecule has 4 rings (SSSR count). The third-order valence-corrected chi connectivity index (χ3v) is 5.52. The smallest absolute Gasteiger partial charge is 0.254 e. The zero-order valence-electron chi connectivity index (χ0n) is 16.5. The van der Waals surface area contributed by atoms with E-state index in [4.69, 9.17) is 5.73 Å². The quantitative estimate of drug-likeness (QED) is 0.485. The molecule has 2 aliphatic heterocycles. The van der Waals surface area contributed by atoms with E-state index in [9.17, 15) is 9.90 Å². The van der Waals surface area contributed by atoms with Crippen LogP contribution in [0.3, 0.4) is 0 Å². The van der Waals surface area contributed by atoms with Gasteiger partial charge in [0, 0.05) is 49.8 Å². The van der Waals surface area contributed by atoms with Crippen molar-refractivity contribution in [3.8, 4) is 0 Å². The molecular weight excluding hydrogens is 370 g/mol. The van der Waals surface area contributed by atoms with E-state index in [0.717, 1.165) is 31.5 Å². The van der Waals surface area contributed by atoms with E-state index in [0.29, 0.717) is 18.3 Å². The lowest BCUT2D eigenvalue weighted by atomic mass is 10.0. The Balaban J connectivity index is 1.56. The van der Waals surface area contributed by atoms with Crippen molar-refractivity contribution in [3.63, 3.8) is 0 Å². The number of benzene rings is 1. The molecule has 6 N–H and O–H groups in total. The standard InChI is InChI=1S/C20H27N7O2/c1-27-6-2-3-12-7-13(4-5-17(12)27)24-19-16(18(21)29)10-23-20(26-19)25-14-8-15(11-28)22-9-14/h4-5,7,10,14-15,22,28H,2-3,6,8-9,11H2,1H3,(H2,21,29)(H2,23,24,25,26)/t14-,15-/m1/s1. The average Bonchev–Trinajstić information content (AvgIpc) is 3.15. The molecule has 9 nitrogen and oxygen atoms in total. The van der Waals surface area contributed by atoms with Crippen molar-refractivity contribution in [3.05, 3.63) is 35.5 Å². The molecule has 0 bridgehead atoms. The van der Waals surface area contributed by atoms with Crippen molar-refractivity contribution in [1.29, 1.82) is 0 Å². The molecule has 9 heteroatoms. The second kappa shape index (κ2) is 8.22. The number of aromatic nitrogens is 2. The Labute approximate surface area is 169 Å². The molecule has 0 unspecified atom stereocenters. The van der Waals surface area contributed by atoms with Gasteiger partial charge in [-0.25, -0.2) is 4.98 Å². The fourth-order valence-electron chi connectivity index (χ4n) is 3.98. The van der Waals surface area contributed by atoms with Crippen LogP contribution in [0.2, 0.25) is 0 Å². The molecule has 3 heterocycles. The predicted octanol–water partition coefficient (Wildman–Crippen LogP) is 0.836. The Morgan fingerprint density at radius 3 is 3.07 bits per heavy atom. The molecule has 29 heavy (non-hydrogen) atoms. The molecule has 0 saturated carbocycles. The number of nitrogens with zero attached hydrogens (tertiary/aromatic N) is 3. The normalized spacial score (nSPS) is 21.0. The van der Waals surface area contributed by atoms with E-state index in [1.807, 2.05) is 6.07 Å². The van der Waals surface area contributed by atoms with E-state index in [1.54, 1.807) is 0 Å². The summed E-state index contributed by atoms with van der Waals surface area (Å²) in [5.74, 6) is 0.212. The van der Waals surface area contributed by atoms with Gasteiger partial charge in [-0.05, 0) is 43.0 Å². The second-order valence-electron chi connectivity index (χ2n) is 7.68. The minimum atomic E-state index is -0.584. The lowest BCUT2D eigenvalue weighted by Gasteiger charge is -2.28. The minimum absolute atomic E-state index is 0.0728. The van der Waals surface area contributed by atoms with Crippen molar-refractivity contribution < 1.29 is 9.90 Å². The highest BCUT2D eigenvalue weighted by Crippen LogP contribution is 2.30. The van der Waals surface area contributed by atoms with Crippen LogP contribution in [0.1, 0.15) is 28.8 Å². The molecule has 2 aliphatic rings. The summed E-state index contributed by atoms with van der Waals surface area (Å²) in [7, 11) is 2.10. The molecule has 1 fully saturated rings. The summed E-state index contributed by atoms with van der Waals surface area (Å²) in [5.41, 5.74) is 9.12. The SMILES string of the molecule is CN1CCCc2cc(Nc3nc(N[C@H]4CN[C@@H](CO)C4)ncc3C(N)=O)ccc21. The zero-order valence-corrected chi connectivity index (χ0v) is 16.5. The van der Waals surface area contributed by atoms with Crippen molar-refractivity contribution in [2.75, 3.05) is 42.3 Å². The fourth-order valence-corrected chi connectivity index (χ4v) is 3.98. The topological polar surface area (TPSA) is 128 Å². The Morgan fingerprint density at radius 1 is 1.45 bits per heavy atom. The summed E-state index contributed by atoms with van der Waals surface area (Å²) in [5, 5.41) is 19.0. The molecule has 1 aromatic heterocycles. The van der Waals surface area contributed by atoms with Gasteiger partial charge in [0.25, 0.3) is 5.91 Å². The molecule has 2 aromatic rings. The van der Waals surface area contributed by atoms with Crippen molar-refractivity contribution in [2.45, 2.75) is 31.3 Å². The molecule has 0 aliphatic carbocycles. The molecule has 154 valence electrons. The summed E-state index contributed by atoms with van der Waals surface area (Å²) < 4.78 is 0. The number of nitrogens with one attached hydrogen (secondary N) is 3. The van der Waals surface area contributed by atoms with Gasteiger partial charge in [-0.1, -0.05) is 0 Å². The van der Waals surface area contributed by atoms with Crippen molar-refractivity contribution in [2.24, 2.45) is 5.73 Å². The van der Waals surface area contributed by atoms with Crippen LogP contribution in [0.4, 0.5) is 23.1 Å². The molecular formula is C20H27N7O2. The van der Waals surface area contributed by atoms with E-state index in [1.165, 1.54) is 17.4 Å². The first-order valence-corrected chi connectivity index (χ1v) is 9.92. The summed E-state index contributed by atoms with van der Waals surface area (Å²) in [6.07, 6.45) is 4.36. The minimum Gasteiger partial charge on any atom is -0.395 e. The van der Waals surface area contributed by atoms with Gasteiger partial charge in [0.1, 0.15) is 11.4 Å². The van der Waals surface area contributed by atoms with Gasteiger partial charge < -0.3 is 31.7 Å².